The molecule has 33 heavy (non-hydrogen) atoms. The van der Waals surface area contributed by atoms with Crippen LogP contribution in [0.2, 0.25) is 0 Å². The maximum absolute atomic E-state index is 11.1. The first-order valence-corrected chi connectivity index (χ1v) is 11.2. The van der Waals surface area contributed by atoms with Gasteiger partial charge < -0.3 is 24.2 Å². The van der Waals surface area contributed by atoms with Gasteiger partial charge in [-0.05, 0) is 82.1 Å². The lowest BCUT2D eigenvalue weighted by molar-refractivity contribution is 0.123. The topological polar surface area (TPSA) is 103 Å². The summed E-state index contributed by atoms with van der Waals surface area (Å²) in [6.45, 7) is 1.83. The maximum Gasteiger partial charge on any atom is 0.407 e. The number of fused-ring (bicyclic) bond motifs is 1. The summed E-state index contributed by atoms with van der Waals surface area (Å²) < 4.78 is 11.9. The van der Waals surface area contributed by atoms with Crippen LogP contribution in [0.5, 0.6) is 11.5 Å². The molecule has 1 amide bonds. The Morgan fingerprint density at radius 1 is 1.24 bits per heavy atom. The molecule has 0 radical (unpaired) electrons. The van der Waals surface area contributed by atoms with Crippen LogP contribution in [-0.2, 0) is 13.0 Å². The van der Waals surface area contributed by atoms with E-state index in [2.05, 4.69) is 16.1 Å². The van der Waals surface area contributed by atoms with Crippen molar-refractivity contribution in [2.24, 2.45) is 5.92 Å². The molecule has 0 bridgehead atoms. The zero-order valence-corrected chi connectivity index (χ0v) is 19.0. The molecule has 1 aliphatic heterocycles. The summed E-state index contributed by atoms with van der Waals surface area (Å²) >= 11 is 0. The van der Waals surface area contributed by atoms with E-state index < -0.39 is 6.09 Å². The first-order valence-electron chi connectivity index (χ1n) is 11.2. The molecule has 1 fully saturated rings. The summed E-state index contributed by atoms with van der Waals surface area (Å²) in [4.78, 5) is 14.7. The number of benzene rings is 2. The van der Waals surface area contributed by atoms with Crippen LogP contribution in [0.1, 0.15) is 36.1 Å². The third-order valence-corrected chi connectivity index (χ3v) is 6.14. The molecule has 172 valence electrons. The molecule has 0 saturated carbocycles. The molecule has 0 atom stereocenters. The molecule has 1 aliphatic rings. The van der Waals surface area contributed by atoms with Crippen molar-refractivity contribution in [3.63, 3.8) is 0 Å². The van der Waals surface area contributed by atoms with E-state index in [-0.39, 0.29) is 0 Å². The average molecular weight is 449 g/mol. The molecular formula is C25H28N4O4. The van der Waals surface area contributed by atoms with Crippen molar-refractivity contribution in [1.29, 1.82) is 5.26 Å². The molecule has 1 N–H and O–H groups in total. The van der Waals surface area contributed by atoms with Crippen molar-refractivity contribution in [3.8, 4) is 17.6 Å². The van der Waals surface area contributed by atoms with Crippen LogP contribution in [0.4, 0.5) is 4.79 Å². The van der Waals surface area contributed by atoms with Crippen LogP contribution in [0.15, 0.2) is 40.9 Å². The molecule has 8 nitrogen and oxygen atoms in total. The summed E-state index contributed by atoms with van der Waals surface area (Å²) in [5.41, 5.74) is 3.16. The lowest BCUT2D eigenvalue weighted by Gasteiger charge is -2.29. The van der Waals surface area contributed by atoms with Crippen LogP contribution >= 0.6 is 0 Å². The molecule has 1 saturated heterocycles. The number of nitriles is 1. The molecule has 1 aromatic heterocycles. The Balaban J connectivity index is 1.52. The van der Waals surface area contributed by atoms with Crippen molar-refractivity contribution in [2.75, 3.05) is 27.2 Å². The Bertz CT molecular complexity index is 1160. The van der Waals surface area contributed by atoms with Gasteiger partial charge in [-0.1, -0.05) is 5.16 Å². The van der Waals surface area contributed by atoms with Gasteiger partial charge in [0.05, 0.1) is 22.9 Å². The third-order valence-electron chi connectivity index (χ3n) is 6.14. The third kappa shape index (κ3) is 5.26. The molecule has 0 aliphatic carbocycles. The summed E-state index contributed by atoms with van der Waals surface area (Å²) in [7, 11) is 3.98. The van der Waals surface area contributed by atoms with Crippen LogP contribution in [0.25, 0.3) is 11.0 Å². The number of rotatable bonds is 7. The first kappa shape index (κ1) is 22.6. The Labute approximate surface area is 192 Å². The van der Waals surface area contributed by atoms with Crippen molar-refractivity contribution >= 4 is 17.1 Å². The summed E-state index contributed by atoms with van der Waals surface area (Å²) in [6.07, 6.45) is 2.69. The predicted octanol–water partition coefficient (Wildman–Crippen LogP) is 4.88. The molecular weight excluding hydrogens is 420 g/mol. The van der Waals surface area contributed by atoms with Gasteiger partial charge in [-0.15, -0.1) is 0 Å². The van der Waals surface area contributed by atoms with E-state index in [0.717, 1.165) is 47.9 Å². The van der Waals surface area contributed by atoms with Crippen molar-refractivity contribution in [3.05, 3.63) is 53.2 Å². The number of hydrogen-bond donors (Lipinski definition) is 1. The molecule has 4 rings (SSSR count). The number of amides is 1. The fourth-order valence-corrected chi connectivity index (χ4v) is 4.31. The van der Waals surface area contributed by atoms with E-state index in [4.69, 9.17) is 19.6 Å². The van der Waals surface area contributed by atoms with E-state index in [9.17, 15) is 4.79 Å². The lowest BCUT2D eigenvalue weighted by atomic mass is 9.91. The first-order chi connectivity index (χ1) is 15.9. The quantitative estimate of drug-likeness (QED) is 0.550. The minimum atomic E-state index is -0.830. The highest BCUT2D eigenvalue weighted by Gasteiger charge is 2.23. The van der Waals surface area contributed by atoms with Gasteiger partial charge in [0.1, 0.15) is 11.5 Å². The van der Waals surface area contributed by atoms with Crippen LogP contribution in [-0.4, -0.2) is 53.3 Å². The zero-order valence-electron chi connectivity index (χ0n) is 19.0. The number of carbonyl (C=O) groups is 1. The van der Waals surface area contributed by atoms with Crippen LogP contribution in [0, 0.1) is 17.2 Å². The molecule has 2 aromatic carbocycles. The van der Waals surface area contributed by atoms with Gasteiger partial charge in [-0.2, -0.15) is 5.26 Å². The number of aryl methyl sites for hydroxylation is 1. The Morgan fingerprint density at radius 2 is 1.97 bits per heavy atom. The van der Waals surface area contributed by atoms with Gasteiger partial charge in [0, 0.05) is 25.0 Å². The van der Waals surface area contributed by atoms with Gasteiger partial charge in [-0.3, -0.25) is 0 Å². The minimum Gasteiger partial charge on any atom is -0.465 e. The Morgan fingerprint density at radius 3 is 2.61 bits per heavy atom. The SMILES string of the molecule is CN(C)Cc1c(Oc2ccc(C#N)cc2)ccc2c(CCC3CCN(C(=O)O)CC3)noc12. The highest BCUT2D eigenvalue weighted by molar-refractivity contribution is 5.84. The number of aromatic nitrogens is 1. The second kappa shape index (κ2) is 9.92. The monoisotopic (exact) mass is 448 g/mol. The van der Waals surface area contributed by atoms with E-state index in [1.165, 1.54) is 4.90 Å². The highest BCUT2D eigenvalue weighted by atomic mass is 16.5. The van der Waals surface area contributed by atoms with E-state index >= 15 is 0 Å². The number of nitrogens with zero attached hydrogens (tertiary/aromatic N) is 4. The van der Waals surface area contributed by atoms with Crippen molar-refractivity contribution in [2.45, 2.75) is 32.2 Å². The highest BCUT2D eigenvalue weighted by Crippen LogP contribution is 2.35. The van der Waals surface area contributed by atoms with E-state index in [1.54, 1.807) is 24.3 Å². The van der Waals surface area contributed by atoms with Crippen LogP contribution in [0.3, 0.4) is 0 Å². The minimum absolute atomic E-state index is 0.493. The summed E-state index contributed by atoms with van der Waals surface area (Å²) in [6, 6.07) is 13.1. The van der Waals surface area contributed by atoms with Gasteiger partial charge in [0.2, 0.25) is 0 Å². The smallest absolute Gasteiger partial charge is 0.407 e. The second-order valence-corrected chi connectivity index (χ2v) is 8.78. The number of carboxylic acid groups (broad SMARTS) is 1. The molecule has 0 unspecified atom stereocenters. The predicted molar refractivity (Wildman–Crippen MR) is 123 cm³/mol. The van der Waals surface area contributed by atoms with Gasteiger partial charge >= 0.3 is 6.09 Å². The Kier molecular flexibility index (Phi) is 6.80. The van der Waals surface area contributed by atoms with Gasteiger partial charge in [-0.25, -0.2) is 4.79 Å². The molecule has 0 spiro atoms. The second-order valence-electron chi connectivity index (χ2n) is 8.78. The summed E-state index contributed by atoms with van der Waals surface area (Å²) in [5.74, 6) is 1.85. The summed E-state index contributed by atoms with van der Waals surface area (Å²) in [5, 5.41) is 23.5. The number of piperidine rings is 1. The standard InChI is InChI=1S/C25H28N4O4/c1-28(2)16-21-23(32-19-6-3-18(15-26)4-7-19)10-8-20-22(27-33-24(20)21)9-5-17-11-13-29(14-12-17)25(30)31/h3-4,6-8,10,17H,5,9,11-14,16H2,1-2H3,(H,30,31). The number of likely N-dealkylation sites (tertiary alicyclic amines) is 1. The zero-order chi connectivity index (χ0) is 23.4. The average Bonchev–Trinajstić information content (AvgIpc) is 3.23. The molecule has 2 heterocycles. The number of ether oxygens (including phenoxy) is 1. The fourth-order valence-electron chi connectivity index (χ4n) is 4.31. The molecule has 8 heteroatoms. The lowest BCUT2D eigenvalue weighted by Crippen LogP contribution is -2.37. The largest absolute Gasteiger partial charge is 0.465 e. The van der Waals surface area contributed by atoms with Crippen molar-refractivity contribution in [1.82, 2.24) is 15.0 Å². The van der Waals surface area contributed by atoms with E-state index in [0.29, 0.717) is 42.6 Å². The molecule has 3 aromatic rings. The van der Waals surface area contributed by atoms with Gasteiger partial charge in [0.25, 0.3) is 0 Å². The van der Waals surface area contributed by atoms with E-state index in [1.807, 2.05) is 26.2 Å². The maximum atomic E-state index is 11.1. The van der Waals surface area contributed by atoms with Gasteiger partial charge in [0.15, 0.2) is 5.58 Å². The number of hydrogen-bond acceptors (Lipinski definition) is 6. The fraction of sp³-hybridized carbons (Fsp3) is 0.400. The van der Waals surface area contributed by atoms with Crippen LogP contribution < -0.4 is 4.74 Å². The Hall–Kier alpha value is -3.57. The van der Waals surface area contributed by atoms with Crippen molar-refractivity contribution < 1.29 is 19.2 Å². The normalized spacial score (nSPS) is 14.5.